The quantitative estimate of drug-likeness (QED) is 0.928. The van der Waals surface area contributed by atoms with Crippen molar-refractivity contribution >= 4 is 5.78 Å². The largest absolute Gasteiger partial charge is 0.504 e. The van der Waals surface area contributed by atoms with Gasteiger partial charge in [-0.2, -0.15) is 0 Å². The summed E-state index contributed by atoms with van der Waals surface area (Å²) in [6, 6.07) is 4.35. The maximum Gasteiger partial charge on any atom is 0.161 e. The van der Waals surface area contributed by atoms with Crippen LogP contribution < -0.4 is 4.74 Å². The number of ketones is 1. The fourth-order valence-electron chi connectivity index (χ4n) is 5.16. The summed E-state index contributed by atoms with van der Waals surface area (Å²) >= 11 is 0. The molecule has 0 amide bonds. The smallest absolute Gasteiger partial charge is 0.161 e. The minimum atomic E-state index is -0.260. The number of phenols is 1. The molecule has 1 aromatic rings. The molecule has 4 nitrogen and oxygen atoms in total. The van der Waals surface area contributed by atoms with E-state index in [1.165, 1.54) is 5.56 Å². The predicted molar refractivity (Wildman–Crippen MR) is 90.2 cm³/mol. The summed E-state index contributed by atoms with van der Waals surface area (Å²) in [4.78, 5) is 14.5. The third-order valence-corrected chi connectivity index (χ3v) is 6.03. The first kappa shape index (κ1) is 16.3. The number of carbonyl (C=O) groups excluding carboxylic acids is 1. The molecule has 126 valence electrons. The Hall–Kier alpha value is -1.55. The Balaban J connectivity index is 2.25. The van der Waals surface area contributed by atoms with E-state index >= 15 is 0 Å². The third kappa shape index (κ3) is 2.35. The van der Waals surface area contributed by atoms with Crippen molar-refractivity contribution in [2.24, 2.45) is 5.92 Å². The van der Waals surface area contributed by atoms with Crippen LogP contribution in [0.4, 0.5) is 0 Å². The first-order chi connectivity index (χ1) is 10.9. The molecule has 1 aliphatic carbocycles. The normalized spacial score (nSPS) is 29.9. The molecule has 23 heavy (non-hydrogen) atoms. The van der Waals surface area contributed by atoms with Crippen LogP contribution in [0.3, 0.4) is 0 Å². The molecule has 0 spiro atoms. The van der Waals surface area contributed by atoms with Crippen LogP contribution in [0.5, 0.6) is 11.5 Å². The summed E-state index contributed by atoms with van der Waals surface area (Å²) in [7, 11) is 3.76. The molecule has 1 aliphatic heterocycles. The van der Waals surface area contributed by atoms with Crippen LogP contribution in [-0.2, 0) is 16.6 Å². The molecule has 3 rings (SSSR count). The number of hydrogen-bond donors (Lipinski definition) is 1. The molecule has 1 heterocycles. The van der Waals surface area contributed by atoms with Gasteiger partial charge in [-0.1, -0.05) is 19.4 Å². The van der Waals surface area contributed by atoms with Crippen LogP contribution in [0, 0.1) is 5.92 Å². The van der Waals surface area contributed by atoms with Gasteiger partial charge in [0, 0.05) is 23.4 Å². The Morgan fingerprint density at radius 2 is 2.22 bits per heavy atom. The van der Waals surface area contributed by atoms with Gasteiger partial charge in [0.2, 0.25) is 0 Å². The number of fused-ring (bicyclic) bond motifs is 4. The van der Waals surface area contributed by atoms with Gasteiger partial charge in [0.15, 0.2) is 11.5 Å². The van der Waals surface area contributed by atoms with E-state index in [1.807, 2.05) is 6.07 Å². The monoisotopic (exact) mass is 317 g/mol. The molecule has 1 saturated heterocycles. The lowest BCUT2D eigenvalue weighted by Crippen LogP contribution is -2.59. The maximum atomic E-state index is 12.1. The lowest BCUT2D eigenvalue weighted by atomic mass is 9.54. The zero-order valence-corrected chi connectivity index (χ0v) is 14.6. The minimum Gasteiger partial charge on any atom is -0.504 e. The first-order valence-electron chi connectivity index (χ1n) is 8.53. The van der Waals surface area contributed by atoms with Crippen molar-refractivity contribution in [3.63, 3.8) is 0 Å². The number of phenolic OH excluding ortho intramolecular Hbond substituents is 1. The van der Waals surface area contributed by atoms with Crippen LogP contribution in [0.2, 0.25) is 0 Å². The number of likely N-dealkylation sites (tertiary alicyclic amines) is 1. The fourth-order valence-corrected chi connectivity index (χ4v) is 5.16. The molecule has 1 unspecified atom stereocenters. The molecule has 1 aromatic carbocycles. The average molecular weight is 317 g/mol. The van der Waals surface area contributed by atoms with Crippen molar-refractivity contribution in [2.45, 2.75) is 51.0 Å². The molecule has 3 atom stereocenters. The number of aromatic hydroxyl groups is 1. The van der Waals surface area contributed by atoms with Gasteiger partial charge < -0.3 is 14.7 Å². The van der Waals surface area contributed by atoms with Gasteiger partial charge >= 0.3 is 0 Å². The van der Waals surface area contributed by atoms with E-state index < -0.39 is 0 Å². The topological polar surface area (TPSA) is 49.8 Å². The first-order valence-corrected chi connectivity index (χ1v) is 8.53. The van der Waals surface area contributed by atoms with Crippen LogP contribution in [-0.4, -0.2) is 42.5 Å². The molecule has 1 fully saturated rings. The summed E-state index contributed by atoms with van der Waals surface area (Å²) in [5, 5.41) is 10.9. The van der Waals surface area contributed by atoms with Crippen molar-refractivity contribution in [1.82, 2.24) is 4.90 Å². The van der Waals surface area contributed by atoms with Gasteiger partial charge in [-0.25, -0.2) is 0 Å². The fraction of sp³-hybridized carbons (Fsp3) is 0.632. The highest BCUT2D eigenvalue weighted by Gasteiger charge is 2.53. The van der Waals surface area contributed by atoms with Crippen molar-refractivity contribution in [3.8, 4) is 11.5 Å². The van der Waals surface area contributed by atoms with E-state index in [9.17, 15) is 9.90 Å². The SMILES string of the molecule is CC[C@@H]1[C@@H]2Cc3ccc(OC)c(O)c3C1(CC(C)=O)CCN2C. The Kier molecular flexibility index (Phi) is 4.13. The molecule has 0 aromatic heterocycles. The lowest BCUT2D eigenvalue weighted by molar-refractivity contribution is -0.120. The Bertz CT molecular complexity index is 627. The zero-order chi connectivity index (χ0) is 16.8. The number of rotatable bonds is 4. The molecule has 4 heteroatoms. The van der Waals surface area contributed by atoms with Crippen molar-refractivity contribution in [1.29, 1.82) is 0 Å². The number of nitrogens with zero attached hydrogens (tertiary/aromatic N) is 1. The van der Waals surface area contributed by atoms with Gasteiger partial charge in [0.25, 0.3) is 0 Å². The van der Waals surface area contributed by atoms with E-state index in [0.29, 0.717) is 24.1 Å². The van der Waals surface area contributed by atoms with Gasteiger partial charge in [-0.15, -0.1) is 0 Å². The summed E-state index contributed by atoms with van der Waals surface area (Å²) < 4.78 is 5.34. The number of piperidine rings is 1. The summed E-state index contributed by atoms with van der Waals surface area (Å²) in [6.07, 6.45) is 3.36. The van der Waals surface area contributed by atoms with E-state index in [-0.39, 0.29) is 16.9 Å². The summed E-state index contributed by atoms with van der Waals surface area (Å²) in [6.45, 7) is 4.83. The van der Waals surface area contributed by atoms with Crippen LogP contribution in [0.15, 0.2) is 12.1 Å². The van der Waals surface area contributed by atoms with Gasteiger partial charge in [-0.05, 0) is 50.9 Å². The number of benzene rings is 1. The molecule has 0 radical (unpaired) electrons. The lowest BCUT2D eigenvalue weighted by Gasteiger charge is -2.56. The van der Waals surface area contributed by atoms with Gasteiger partial charge in [-0.3, -0.25) is 4.79 Å². The second-order valence-corrected chi connectivity index (χ2v) is 7.20. The number of hydrogen-bond acceptors (Lipinski definition) is 4. The Morgan fingerprint density at radius 1 is 1.48 bits per heavy atom. The van der Waals surface area contributed by atoms with E-state index in [2.05, 4.69) is 24.9 Å². The second kappa shape index (κ2) is 5.82. The highest BCUT2D eigenvalue weighted by atomic mass is 16.5. The minimum absolute atomic E-state index is 0.196. The molecular formula is C19H27NO3. The van der Waals surface area contributed by atoms with Crippen LogP contribution in [0.25, 0.3) is 0 Å². The second-order valence-electron chi connectivity index (χ2n) is 7.20. The third-order valence-electron chi connectivity index (χ3n) is 6.03. The zero-order valence-electron chi connectivity index (χ0n) is 14.6. The molecule has 0 saturated carbocycles. The van der Waals surface area contributed by atoms with Crippen molar-refractivity contribution in [2.75, 3.05) is 20.7 Å². The van der Waals surface area contributed by atoms with Gasteiger partial charge in [0.1, 0.15) is 5.78 Å². The van der Waals surface area contributed by atoms with E-state index in [1.54, 1.807) is 14.0 Å². The van der Waals surface area contributed by atoms with Crippen molar-refractivity contribution in [3.05, 3.63) is 23.3 Å². The average Bonchev–Trinajstić information content (AvgIpc) is 2.50. The number of Topliss-reactive ketones (excluding diaryl/α,β-unsaturated/α-hetero) is 1. The number of carbonyl (C=O) groups is 1. The highest BCUT2D eigenvalue weighted by Crippen LogP contribution is 2.56. The molecule has 2 bridgehead atoms. The number of ether oxygens (including phenoxy) is 1. The van der Waals surface area contributed by atoms with E-state index in [0.717, 1.165) is 31.4 Å². The maximum absolute atomic E-state index is 12.1. The predicted octanol–water partition coefficient (Wildman–Crippen LogP) is 2.90. The van der Waals surface area contributed by atoms with Crippen molar-refractivity contribution < 1.29 is 14.6 Å². The van der Waals surface area contributed by atoms with Gasteiger partial charge in [0.05, 0.1) is 7.11 Å². The molecule has 1 N–H and O–H groups in total. The Labute approximate surface area is 138 Å². The molecular weight excluding hydrogens is 290 g/mol. The standard InChI is InChI=1S/C19H27NO3/c1-5-14-15-10-13-6-7-16(23-4)18(22)17(13)19(14,11-12(2)21)8-9-20(15)3/h6-7,14-15,22H,5,8-11H2,1-4H3/t14-,15+,19?/m1/s1. The van der Waals surface area contributed by atoms with E-state index in [4.69, 9.17) is 4.74 Å². The summed E-state index contributed by atoms with van der Waals surface area (Å²) in [5.74, 6) is 1.34. The number of likely N-dealkylation sites (N-methyl/N-ethyl adjacent to an activating group) is 1. The van der Waals surface area contributed by atoms with Crippen LogP contribution in [0.1, 0.15) is 44.2 Å². The Morgan fingerprint density at radius 3 is 2.83 bits per heavy atom. The highest BCUT2D eigenvalue weighted by molar-refractivity contribution is 5.78. The molecule has 2 aliphatic rings. The van der Waals surface area contributed by atoms with Crippen LogP contribution >= 0.6 is 0 Å². The summed E-state index contributed by atoms with van der Waals surface area (Å²) in [5.41, 5.74) is 1.89. The number of methoxy groups -OCH3 is 1.